The topological polar surface area (TPSA) is 34.1 Å². The van der Waals surface area contributed by atoms with Crippen molar-refractivity contribution in [3.05, 3.63) is 129 Å². The maximum absolute atomic E-state index is 13.2. The quantitative estimate of drug-likeness (QED) is 0.315. The largest absolute Gasteiger partial charge is 0.289 e. The van der Waals surface area contributed by atoms with Crippen LogP contribution in [0.4, 0.5) is 0 Å². The molecule has 4 aromatic carbocycles. The number of carbonyl (C=O) groups is 2. The molecule has 0 unspecified atom stereocenters. The van der Waals surface area contributed by atoms with E-state index in [4.69, 9.17) is 23.2 Å². The highest BCUT2D eigenvalue weighted by Gasteiger charge is 2.21. The minimum absolute atomic E-state index is 0.152. The molecule has 0 amide bonds. The van der Waals surface area contributed by atoms with Crippen LogP contribution in [0, 0.1) is 0 Å². The van der Waals surface area contributed by atoms with Gasteiger partial charge in [-0.1, -0.05) is 83.9 Å². The molecular formula is C26H16Cl2O2. The molecule has 4 heteroatoms. The Morgan fingerprint density at radius 3 is 1.23 bits per heavy atom. The fraction of sp³-hybridized carbons (Fsp3) is 0. The Bertz CT molecular complexity index is 1130. The standard InChI is InChI=1S/C26H16Cl2O2/c27-19-11-13-21(25(29)17-7-3-1-4-8-17)23(15-19)24-16-20(28)12-14-22(24)26(30)18-9-5-2-6-10-18/h1-16H. The predicted octanol–water partition coefficient (Wildman–Crippen LogP) is 7.12. The lowest BCUT2D eigenvalue weighted by Gasteiger charge is -2.14. The van der Waals surface area contributed by atoms with Crippen molar-refractivity contribution in [2.24, 2.45) is 0 Å². The van der Waals surface area contributed by atoms with E-state index in [0.29, 0.717) is 43.4 Å². The average molecular weight is 431 g/mol. The minimum Gasteiger partial charge on any atom is -0.289 e. The lowest BCUT2D eigenvalue weighted by atomic mass is 9.89. The van der Waals surface area contributed by atoms with E-state index in [-0.39, 0.29) is 11.6 Å². The summed E-state index contributed by atoms with van der Waals surface area (Å²) in [6, 6.07) is 28.1. The summed E-state index contributed by atoms with van der Waals surface area (Å²) in [6.07, 6.45) is 0. The number of carbonyl (C=O) groups excluding carboxylic acids is 2. The number of rotatable bonds is 5. The SMILES string of the molecule is O=C(c1ccccc1)c1ccc(Cl)cc1-c1cc(Cl)ccc1C(=O)c1ccccc1. The first-order valence-electron chi connectivity index (χ1n) is 9.33. The van der Waals surface area contributed by atoms with E-state index >= 15 is 0 Å². The van der Waals surface area contributed by atoms with Gasteiger partial charge in [-0.25, -0.2) is 0 Å². The molecule has 2 nitrogen and oxygen atoms in total. The van der Waals surface area contributed by atoms with E-state index in [1.165, 1.54) is 0 Å². The van der Waals surface area contributed by atoms with Gasteiger partial charge < -0.3 is 0 Å². The van der Waals surface area contributed by atoms with Gasteiger partial charge in [0.1, 0.15) is 0 Å². The molecular weight excluding hydrogens is 415 g/mol. The van der Waals surface area contributed by atoms with Crippen molar-refractivity contribution in [3.8, 4) is 11.1 Å². The predicted molar refractivity (Wildman–Crippen MR) is 122 cm³/mol. The average Bonchev–Trinajstić information content (AvgIpc) is 2.79. The molecule has 0 aromatic heterocycles. The van der Waals surface area contributed by atoms with Crippen LogP contribution in [0.5, 0.6) is 0 Å². The molecule has 4 aromatic rings. The van der Waals surface area contributed by atoms with Gasteiger partial charge in [0, 0.05) is 32.3 Å². The molecule has 0 saturated carbocycles. The van der Waals surface area contributed by atoms with E-state index in [2.05, 4.69) is 0 Å². The summed E-state index contributed by atoms with van der Waals surface area (Å²) in [5, 5.41) is 0.931. The van der Waals surface area contributed by atoms with E-state index < -0.39 is 0 Å². The Kier molecular flexibility index (Phi) is 5.80. The van der Waals surface area contributed by atoms with Crippen LogP contribution in [0.2, 0.25) is 10.0 Å². The van der Waals surface area contributed by atoms with Crippen molar-refractivity contribution in [3.63, 3.8) is 0 Å². The van der Waals surface area contributed by atoms with Crippen LogP contribution in [-0.2, 0) is 0 Å². The van der Waals surface area contributed by atoms with Gasteiger partial charge >= 0.3 is 0 Å². The van der Waals surface area contributed by atoms with E-state index in [0.717, 1.165) is 0 Å². The summed E-state index contributed by atoms with van der Waals surface area (Å²) in [7, 11) is 0. The zero-order chi connectivity index (χ0) is 21.1. The van der Waals surface area contributed by atoms with Crippen LogP contribution in [-0.4, -0.2) is 11.6 Å². The van der Waals surface area contributed by atoms with Gasteiger partial charge in [-0.15, -0.1) is 0 Å². The van der Waals surface area contributed by atoms with Crippen molar-refractivity contribution in [2.75, 3.05) is 0 Å². The van der Waals surface area contributed by atoms with Gasteiger partial charge in [-0.05, 0) is 47.5 Å². The summed E-state index contributed by atoms with van der Waals surface area (Å²) >= 11 is 12.6. The molecule has 0 heterocycles. The van der Waals surface area contributed by atoms with Gasteiger partial charge in [-0.3, -0.25) is 9.59 Å². The van der Waals surface area contributed by atoms with E-state index in [1.54, 1.807) is 60.7 Å². The number of hydrogen-bond donors (Lipinski definition) is 0. The summed E-state index contributed by atoms with van der Waals surface area (Å²) in [4.78, 5) is 26.5. The number of halogens is 2. The number of benzene rings is 4. The molecule has 4 rings (SSSR count). The molecule has 0 spiro atoms. The molecule has 0 N–H and O–H groups in total. The highest BCUT2D eigenvalue weighted by molar-refractivity contribution is 6.32. The minimum atomic E-state index is -0.152. The second-order valence-corrected chi connectivity index (χ2v) is 7.64. The summed E-state index contributed by atoms with van der Waals surface area (Å²) < 4.78 is 0. The normalized spacial score (nSPS) is 10.6. The molecule has 0 atom stereocenters. The summed E-state index contributed by atoms with van der Waals surface area (Å²) in [6.45, 7) is 0. The number of hydrogen-bond acceptors (Lipinski definition) is 2. The van der Waals surface area contributed by atoms with Gasteiger partial charge in [0.25, 0.3) is 0 Å². The maximum atomic E-state index is 13.2. The van der Waals surface area contributed by atoms with Crippen molar-refractivity contribution in [2.45, 2.75) is 0 Å². The molecule has 0 aliphatic carbocycles. The van der Waals surface area contributed by atoms with E-state index in [1.807, 2.05) is 36.4 Å². The first kappa shape index (κ1) is 20.1. The fourth-order valence-corrected chi connectivity index (χ4v) is 3.71. The third-order valence-electron chi connectivity index (χ3n) is 4.81. The molecule has 146 valence electrons. The van der Waals surface area contributed by atoms with Gasteiger partial charge in [0.15, 0.2) is 11.6 Å². The molecule has 0 bridgehead atoms. The Morgan fingerprint density at radius 2 is 0.867 bits per heavy atom. The van der Waals surface area contributed by atoms with Crippen LogP contribution < -0.4 is 0 Å². The Hall–Kier alpha value is -3.20. The third-order valence-corrected chi connectivity index (χ3v) is 5.28. The Labute approximate surface area is 184 Å². The van der Waals surface area contributed by atoms with Crippen LogP contribution in [0.15, 0.2) is 97.1 Å². The Balaban J connectivity index is 1.91. The van der Waals surface area contributed by atoms with Crippen LogP contribution >= 0.6 is 23.2 Å². The summed E-state index contributed by atoms with van der Waals surface area (Å²) in [5.41, 5.74) is 3.15. The first-order chi connectivity index (χ1) is 14.5. The second-order valence-electron chi connectivity index (χ2n) is 6.77. The molecule has 0 aliphatic rings. The van der Waals surface area contributed by atoms with Gasteiger partial charge in [-0.2, -0.15) is 0 Å². The lowest BCUT2D eigenvalue weighted by molar-refractivity contribution is 0.103. The maximum Gasteiger partial charge on any atom is 0.193 e. The van der Waals surface area contributed by atoms with Gasteiger partial charge in [0.05, 0.1) is 0 Å². The molecule has 0 fully saturated rings. The first-order valence-corrected chi connectivity index (χ1v) is 10.1. The van der Waals surface area contributed by atoms with Crippen molar-refractivity contribution in [1.82, 2.24) is 0 Å². The highest BCUT2D eigenvalue weighted by atomic mass is 35.5. The van der Waals surface area contributed by atoms with E-state index in [9.17, 15) is 9.59 Å². The third kappa shape index (κ3) is 4.06. The highest BCUT2D eigenvalue weighted by Crippen LogP contribution is 2.34. The molecule has 30 heavy (non-hydrogen) atoms. The molecule has 0 radical (unpaired) electrons. The zero-order valence-electron chi connectivity index (χ0n) is 15.8. The monoisotopic (exact) mass is 430 g/mol. The number of ketones is 2. The molecule has 0 aliphatic heterocycles. The zero-order valence-corrected chi connectivity index (χ0v) is 17.3. The van der Waals surface area contributed by atoms with Crippen LogP contribution in [0.1, 0.15) is 31.8 Å². The van der Waals surface area contributed by atoms with Crippen LogP contribution in [0.25, 0.3) is 11.1 Å². The molecule has 0 saturated heterocycles. The fourth-order valence-electron chi connectivity index (χ4n) is 3.36. The van der Waals surface area contributed by atoms with Gasteiger partial charge in [0.2, 0.25) is 0 Å². The lowest BCUT2D eigenvalue weighted by Crippen LogP contribution is -2.07. The van der Waals surface area contributed by atoms with Crippen LogP contribution in [0.3, 0.4) is 0 Å². The van der Waals surface area contributed by atoms with Crippen molar-refractivity contribution < 1.29 is 9.59 Å². The Morgan fingerprint density at radius 1 is 0.500 bits per heavy atom. The second kappa shape index (κ2) is 8.66. The summed E-state index contributed by atoms with van der Waals surface area (Å²) in [5.74, 6) is -0.305. The smallest absolute Gasteiger partial charge is 0.193 e. The van der Waals surface area contributed by atoms with Crippen molar-refractivity contribution in [1.29, 1.82) is 0 Å². The van der Waals surface area contributed by atoms with Crippen molar-refractivity contribution >= 4 is 34.8 Å².